The van der Waals surface area contributed by atoms with Crippen LogP contribution in [0.1, 0.15) is 31.0 Å². The number of carbonyl (C=O) groups excluding carboxylic acids is 1. The molecule has 2 aromatic carbocycles. The number of carbonyl (C=O) groups is 1. The number of halogens is 1. The second-order valence-corrected chi connectivity index (χ2v) is 8.04. The molecule has 166 valence electrons. The zero-order chi connectivity index (χ0) is 22.7. The van der Waals surface area contributed by atoms with Crippen LogP contribution in [0.15, 0.2) is 65.0 Å². The van der Waals surface area contributed by atoms with Gasteiger partial charge in [0.2, 0.25) is 11.1 Å². The van der Waals surface area contributed by atoms with Gasteiger partial charge in [0.25, 0.3) is 0 Å². The number of aromatic nitrogens is 3. The van der Waals surface area contributed by atoms with Crippen molar-refractivity contribution in [3.05, 3.63) is 76.7 Å². The summed E-state index contributed by atoms with van der Waals surface area (Å²) < 4.78 is 26.2. The molecule has 3 aromatic rings. The van der Waals surface area contributed by atoms with Crippen molar-refractivity contribution in [1.29, 1.82) is 0 Å². The standard InChI is InChI=1S/C23H23FN4O3S/c1-4-31-17-11-9-15(10-12-17)20-19(21(29)30-3)14(2)25-22-26-23(27-28(20)22)32-13-16-7-5-6-8-18(16)24/h5-12,20H,4,13H2,1-3H3,(H,25,26,27). The van der Waals surface area contributed by atoms with Crippen molar-refractivity contribution in [2.24, 2.45) is 0 Å². The van der Waals surface area contributed by atoms with Gasteiger partial charge in [-0.15, -0.1) is 5.10 Å². The van der Waals surface area contributed by atoms with Crippen LogP contribution in [0.5, 0.6) is 5.75 Å². The number of nitrogens with one attached hydrogen (secondary N) is 1. The highest BCUT2D eigenvalue weighted by molar-refractivity contribution is 7.98. The van der Waals surface area contributed by atoms with E-state index in [1.165, 1.54) is 24.9 Å². The first kappa shape index (κ1) is 21.9. The number of esters is 1. The van der Waals surface area contributed by atoms with Gasteiger partial charge in [-0.2, -0.15) is 4.98 Å². The summed E-state index contributed by atoms with van der Waals surface area (Å²) >= 11 is 1.33. The van der Waals surface area contributed by atoms with Crippen molar-refractivity contribution in [1.82, 2.24) is 14.8 Å². The van der Waals surface area contributed by atoms with Crippen molar-refractivity contribution in [3.63, 3.8) is 0 Å². The van der Waals surface area contributed by atoms with Gasteiger partial charge >= 0.3 is 5.97 Å². The van der Waals surface area contributed by atoms with Gasteiger partial charge in [0.05, 0.1) is 19.3 Å². The van der Waals surface area contributed by atoms with Gasteiger partial charge in [-0.3, -0.25) is 0 Å². The number of hydrogen-bond donors (Lipinski definition) is 1. The predicted octanol–water partition coefficient (Wildman–Crippen LogP) is 4.57. The lowest BCUT2D eigenvalue weighted by Crippen LogP contribution is -2.29. The minimum absolute atomic E-state index is 0.264. The highest BCUT2D eigenvalue weighted by Gasteiger charge is 2.35. The van der Waals surface area contributed by atoms with Crippen molar-refractivity contribution in [2.45, 2.75) is 30.8 Å². The molecule has 7 nitrogen and oxygen atoms in total. The zero-order valence-electron chi connectivity index (χ0n) is 18.0. The van der Waals surface area contributed by atoms with E-state index in [0.717, 1.165) is 11.3 Å². The van der Waals surface area contributed by atoms with E-state index in [4.69, 9.17) is 9.47 Å². The molecular weight excluding hydrogens is 431 g/mol. The highest BCUT2D eigenvalue weighted by Crippen LogP contribution is 2.37. The molecule has 1 N–H and O–H groups in total. The Balaban J connectivity index is 1.68. The first-order valence-corrected chi connectivity index (χ1v) is 11.1. The molecule has 4 rings (SSSR count). The molecule has 0 radical (unpaired) electrons. The van der Waals surface area contributed by atoms with Gasteiger partial charge in [-0.05, 0) is 43.2 Å². The number of methoxy groups -OCH3 is 1. The third kappa shape index (κ3) is 4.34. The van der Waals surface area contributed by atoms with E-state index >= 15 is 0 Å². The Morgan fingerprint density at radius 3 is 2.66 bits per heavy atom. The number of thioether (sulfide) groups is 1. The number of fused-ring (bicyclic) bond motifs is 1. The minimum atomic E-state index is -0.523. The van der Waals surface area contributed by atoms with Gasteiger partial charge in [0, 0.05) is 11.4 Å². The minimum Gasteiger partial charge on any atom is -0.494 e. The summed E-state index contributed by atoms with van der Waals surface area (Å²) in [6.07, 6.45) is 0. The Hall–Kier alpha value is -3.33. The number of benzene rings is 2. The molecule has 32 heavy (non-hydrogen) atoms. The normalized spacial score (nSPS) is 15.2. The molecule has 0 bridgehead atoms. The van der Waals surface area contributed by atoms with Crippen LogP contribution in [-0.2, 0) is 15.3 Å². The Bertz CT molecular complexity index is 1160. The average molecular weight is 455 g/mol. The molecule has 1 atom stereocenters. The van der Waals surface area contributed by atoms with Crippen molar-refractivity contribution in [2.75, 3.05) is 19.0 Å². The number of anilines is 1. The number of rotatable bonds is 7. The van der Waals surface area contributed by atoms with Gasteiger partial charge < -0.3 is 14.8 Å². The molecular formula is C23H23FN4O3S. The molecule has 9 heteroatoms. The lowest BCUT2D eigenvalue weighted by Gasteiger charge is -2.27. The van der Waals surface area contributed by atoms with Crippen LogP contribution in [0.3, 0.4) is 0 Å². The summed E-state index contributed by atoms with van der Waals surface area (Å²) in [5.74, 6) is 0.922. The molecule has 1 unspecified atom stereocenters. The van der Waals surface area contributed by atoms with Crippen LogP contribution in [0.4, 0.5) is 10.3 Å². The second-order valence-electron chi connectivity index (χ2n) is 7.10. The summed E-state index contributed by atoms with van der Waals surface area (Å²) in [5, 5.41) is 8.24. The fourth-order valence-electron chi connectivity index (χ4n) is 3.55. The van der Waals surface area contributed by atoms with Gasteiger partial charge in [-0.25, -0.2) is 13.9 Å². The quantitative estimate of drug-likeness (QED) is 0.414. The number of hydrogen-bond acceptors (Lipinski definition) is 7. The summed E-state index contributed by atoms with van der Waals surface area (Å²) in [6.45, 7) is 4.29. The van der Waals surface area contributed by atoms with Crippen LogP contribution >= 0.6 is 11.8 Å². The number of ether oxygens (including phenoxy) is 2. The van der Waals surface area contributed by atoms with Crippen LogP contribution < -0.4 is 10.1 Å². The predicted molar refractivity (Wildman–Crippen MR) is 120 cm³/mol. The number of nitrogens with zero attached hydrogens (tertiary/aromatic N) is 3. The molecule has 0 saturated heterocycles. The summed E-state index contributed by atoms with van der Waals surface area (Å²) in [7, 11) is 1.35. The van der Waals surface area contributed by atoms with Gasteiger partial charge in [0.15, 0.2) is 0 Å². The van der Waals surface area contributed by atoms with E-state index < -0.39 is 12.0 Å². The van der Waals surface area contributed by atoms with Crippen LogP contribution in [0.2, 0.25) is 0 Å². The second kappa shape index (κ2) is 9.44. The van der Waals surface area contributed by atoms with E-state index in [9.17, 15) is 9.18 Å². The third-order valence-electron chi connectivity index (χ3n) is 5.06. The maximum absolute atomic E-state index is 14.0. The Kier molecular flexibility index (Phi) is 6.45. The van der Waals surface area contributed by atoms with E-state index in [1.54, 1.807) is 29.8 Å². The molecule has 0 saturated carbocycles. The van der Waals surface area contributed by atoms with Crippen molar-refractivity contribution < 1.29 is 18.7 Å². The summed E-state index contributed by atoms with van der Waals surface area (Å²) in [6, 6.07) is 13.6. The van der Waals surface area contributed by atoms with Gasteiger partial charge in [0.1, 0.15) is 17.6 Å². The topological polar surface area (TPSA) is 78.3 Å². The monoisotopic (exact) mass is 454 g/mol. The summed E-state index contributed by atoms with van der Waals surface area (Å²) in [4.78, 5) is 17.2. The Labute approximate surface area is 189 Å². The molecule has 0 fully saturated rings. The lowest BCUT2D eigenvalue weighted by molar-refractivity contribution is -0.136. The smallest absolute Gasteiger partial charge is 0.338 e. The molecule has 0 aliphatic carbocycles. The van der Waals surface area contributed by atoms with Crippen LogP contribution in [-0.4, -0.2) is 34.5 Å². The Morgan fingerprint density at radius 2 is 1.97 bits per heavy atom. The van der Waals surface area contributed by atoms with E-state index in [2.05, 4.69) is 15.4 Å². The van der Waals surface area contributed by atoms with E-state index in [1.807, 2.05) is 31.2 Å². The largest absolute Gasteiger partial charge is 0.494 e. The fourth-order valence-corrected chi connectivity index (χ4v) is 4.36. The molecule has 0 amide bonds. The third-order valence-corrected chi connectivity index (χ3v) is 5.95. The van der Waals surface area contributed by atoms with Gasteiger partial charge in [-0.1, -0.05) is 42.1 Å². The summed E-state index contributed by atoms with van der Waals surface area (Å²) in [5.41, 5.74) is 2.50. The maximum Gasteiger partial charge on any atom is 0.338 e. The van der Waals surface area contributed by atoms with E-state index in [0.29, 0.717) is 40.3 Å². The molecule has 1 aliphatic rings. The maximum atomic E-state index is 14.0. The lowest BCUT2D eigenvalue weighted by atomic mass is 9.96. The molecule has 1 aliphatic heterocycles. The Morgan fingerprint density at radius 1 is 1.22 bits per heavy atom. The first-order valence-electron chi connectivity index (χ1n) is 10.1. The number of allylic oxidation sites excluding steroid dienone is 1. The van der Waals surface area contributed by atoms with Crippen LogP contribution in [0.25, 0.3) is 0 Å². The molecule has 1 aromatic heterocycles. The van der Waals surface area contributed by atoms with Crippen LogP contribution in [0, 0.1) is 5.82 Å². The molecule has 0 spiro atoms. The average Bonchev–Trinajstić information content (AvgIpc) is 3.20. The van der Waals surface area contributed by atoms with E-state index in [-0.39, 0.29) is 5.82 Å². The zero-order valence-corrected chi connectivity index (χ0v) is 18.8. The van der Waals surface area contributed by atoms with Crippen molar-refractivity contribution >= 4 is 23.7 Å². The molecule has 2 heterocycles. The highest BCUT2D eigenvalue weighted by atomic mass is 32.2. The first-order chi connectivity index (χ1) is 15.5. The van der Waals surface area contributed by atoms with Crippen molar-refractivity contribution in [3.8, 4) is 5.75 Å². The fraction of sp³-hybridized carbons (Fsp3) is 0.261. The SMILES string of the molecule is CCOc1ccc(C2C(C(=O)OC)=C(C)Nc3nc(SCc4ccccc4F)nn32)cc1.